The van der Waals surface area contributed by atoms with Crippen molar-refractivity contribution in [2.75, 3.05) is 5.75 Å². The lowest BCUT2D eigenvalue weighted by Crippen LogP contribution is -2.09. The Hall–Kier alpha value is -0.620. The molecule has 0 spiro atoms. The predicted molar refractivity (Wildman–Crippen MR) is 81.0 cm³/mol. The van der Waals surface area contributed by atoms with Gasteiger partial charge in [0.2, 0.25) is 5.91 Å². The summed E-state index contributed by atoms with van der Waals surface area (Å²) in [6.45, 7) is 0. The summed E-state index contributed by atoms with van der Waals surface area (Å²) in [5.74, 6) is -0.322. The van der Waals surface area contributed by atoms with Crippen molar-refractivity contribution in [1.29, 1.82) is 0 Å². The molecule has 0 aliphatic heterocycles. The van der Waals surface area contributed by atoms with Crippen LogP contribution in [-0.2, 0) is 14.9 Å². The molecule has 0 atom stereocenters. The number of amides is 1. The van der Waals surface area contributed by atoms with Gasteiger partial charge in [-0.25, -0.2) is 0 Å². The molecule has 1 amide bonds. The third-order valence-corrected chi connectivity index (χ3v) is 4.13. The maximum absolute atomic E-state index is 10.5. The third-order valence-electron chi connectivity index (χ3n) is 3.33. The van der Waals surface area contributed by atoms with Crippen LogP contribution in [0, 0.1) is 0 Å². The number of unbranched alkanes of at least 4 members (excludes halogenated alkanes) is 10. The van der Waals surface area contributed by atoms with Crippen molar-refractivity contribution in [3.63, 3.8) is 0 Å². The smallest absolute Gasteiger partial charge is 0.264 e. The molecule has 0 aromatic heterocycles. The molecule has 0 saturated carbocycles. The number of rotatable bonds is 14. The molecular weight excluding hydrogens is 278 g/mol. The van der Waals surface area contributed by atoms with Gasteiger partial charge < -0.3 is 5.73 Å². The Morgan fingerprint density at radius 3 is 1.45 bits per heavy atom. The molecule has 0 fully saturated rings. The van der Waals surface area contributed by atoms with Crippen molar-refractivity contribution in [2.45, 2.75) is 77.0 Å². The first-order valence-corrected chi connectivity index (χ1v) is 9.26. The number of hydrogen-bond donors (Lipinski definition) is 2. The van der Waals surface area contributed by atoms with Gasteiger partial charge in [0.1, 0.15) is 0 Å². The van der Waals surface area contributed by atoms with Gasteiger partial charge >= 0.3 is 0 Å². The maximum atomic E-state index is 10.5. The fourth-order valence-electron chi connectivity index (χ4n) is 2.17. The second kappa shape index (κ2) is 12.1. The Labute approximate surface area is 123 Å². The van der Waals surface area contributed by atoms with Gasteiger partial charge in [0.25, 0.3) is 10.1 Å². The Morgan fingerprint density at radius 2 is 1.10 bits per heavy atom. The molecule has 3 N–H and O–H groups in total. The van der Waals surface area contributed by atoms with E-state index >= 15 is 0 Å². The lowest BCUT2D eigenvalue weighted by atomic mass is 10.1. The second-order valence-corrected chi connectivity index (χ2v) is 6.96. The average molecular weight is 307 g/mol. The first kappa shape index (κ1) is 19.4. The van der Waals surface area contributed by atoms with Crippen LogP contribution in [0.4, 0.5) is 0 Å². The quantitative estimate of drug-likeness (QED) is 0.380. The van der Waals surface area contributed by atoms with E-state index in [1.165, 1.54) is 32.1 Å². The molecule has 0 aromatic rings. The van der Waals surface area contributed by atoms with E-state index in [4.69, 9.17) is 10.3 Å². The predicted octanol–water partition coefficient (Wildman–Crippen LogP) is 3.04. The van der Waals surface area contributed by atoms with Crippen molar-refractivity contribution < 1.29 is 17.8 Å². The highest BCUT2D eigenvalue weighted by molar-refractivity contribution is 7.85. The number of primary amides is 1. The van der Waals surface area contributed by atoms with E-state index in [-0.39, 0.29) is 11.7 Å². The number of hydrogen-bond acceptors (Lipinski definition) is 3. The summed E-state index contributed by atoms with van der Waals surface area (Å²) >= 11 is 0. The van der Waals surface area contributed by atoms with Gasteiger partial charge in [-0.05, 0) is 12.8 Å². The number of carbonyl (C=O) groups excluding carboxylic acids is 1. The molecule has 0 saturated heterocycles. The van der Waals surface area contributed by atoms with Crippen LogP contribution in [0.15, 0.2) is 0 Å². The van der Waals surface area contributed by atoms with Crippen LogP contribution in [0.25, 0.3) is 0 Å². The van der Waals surface area contributed by atoms with Crippen LogP contribution in [-0.4, -0.2) is 24.6 Å². The minimum atomic E-state index is -3.77. The van der Waals surface area contributed by atoms with Gasteiger partial charge in [-0.1, -0.05) is 57.8 Å². The molecule has 0 radical (unpaired) electrons. The fraction of sp³-hybridized carbons (Fsp3) is 0.929. The van der Waals surface area contributed by atoms with E-state index in [9.17, 15) is 13.2 Å². The summed E-state index contributed by atoms with van der Waals surface area (Å²) in [5.41, 5.74) is 5.06. The average Bonchev–Trinajstić information content (AvgIpc) is 2.33. The van der Waals surface area contributed by atoms with E-state index in [2.05, 4.69) is 0 Å². The molecule has 0 aliphatic carbocycles. The standard InChI is InChI=1S/C14H29NO4S/c15-14(16)12-10-8-6-4-2-1-3-5-7-9-11-13-20(17,18)19/h1-13H2,(H2,15,16)(H,17,18,19). The summed E-state index contributed by atoms with van der Waals surface area (Å²) in [5, 5.41) is 0. The van der Waals surface area contributed by atoms with E-state index in [0.717, 1.165) is 32.1 Å². The number of nitrogens with two attached hydrogens (primary N) is 1. The summed E-state index contributed by atoms with van der Waals surface area (Å²) in [6, 6.07) is 0. The summed E-state index contributed by atoms with van der Waals surface area (Å²) in [7, 11) is -3.77. The molecule has 0 aromatic carbocycles. The van der Waals surface area contributed by atoms with Gasteiger partial charge in [0, 0.05) is 6.42 Å². The highest BCUT2D eigenvalue weighted by Gasteiger charge is 2.02. The van der Waals surface area contributed by atoms with Crippen LogP contribution in [0.1, 0.15) is 77.0 Å². The van der Waals surface area contributed by atoms with Crippen LogP contribution in [0.2, 0.25) is 0 Å². The molecule has 0 unspecified atom stereocenters. The van der Waals surface area contributed by atoms with Crippen molar-refractivity contribution >= 4 is 16.0 Å². The minimum Gasteiger partial charge on any atom is -0.370 e. The van der Waals surface area contributed by atoms with E-state index in [0.29, 0.717) is 12.8 Å². The molecule has 0 bridgehead atoms. The second-order valence-electron chi connectivity index (χ2n) is 5.39. The van der Waals surface area contributed by atoms with Gasteiger partial charge in [-0.15, -0.1) is 0 Å². The molecule has 0 aliphatic rings. The first-order valence-electron chi connectivity index (χ1n) is 7.65. The molecule has 120 valence electrons. The van der Waals surface area contributed by atoms with Crippen molar-refractivity contribution in [1.82, 2.24) is 0 Å². The summed E-state index contributed by atoms with van der Waals surface area (Å²) in [4.78, 5) is 10.5. The molecular formula is C14H29NO4S. The van der Waals surface area contributed by atoms with E-state index < -0.39 is 10.1 Å². The largest absolute Gasteiger partial charge is 0.370 e. The normalized spacial score (nSPS) is 11.7. The minimum absolute atomic E-state index is 0.113. The van der Waals surface area contributed by atoms with Crippen LogP contribution in [0.3, 0.4) is 0 Å². The van der Waals surface area contributed by atoms with Gasteiger partial charge in [0.15, 0.2) is 0 Å². The van der Waals surface area contributed by atoms with Crippen LogP contribution < -0.4 is 5.73 Å². The van der Waals surface area contributed by atoms with E-state index in [1.54, 1.807) is 0 Å². The fourth-order valence-corrected chi connectivity index (χ4v) is 2.74. The first-order chi connectivity index (χ1) is 9.42. The van der Waals surface area contributed by atoms with Crippen molar-refractivity contribution in [3.8, 4) is 0 Å². The SMILES string of the molecule is NC(=O)CCCCCCCCCCCCCS(=O)(=O)O. The summed E-state index contributed by atoms with van der Waals surface area (Å²) < 4.78 is 29.5. The summed E-state index contributed by atoms with van der Waals surface area (Å²) in [6.07, 6.45) is 12.1. The molecule has 6 heteroatoms. The van der Waals surface area contributed by atoms with Crippen molar-refractivity contribution in [3.05, 3.63) is 0 Å². The van der Waals surface area contributed by atoms with Gasteiger partial charge in [-0.3, -0.25) is 9.35 Å². The lowest BCUT2D eigenvalue weighted by molar-refractivity contribution is -0.118. The number of carbonyl (C=O) groups is 1. The highest BCUT2D eigenvalue weighted by atomic mass is 32.2. The zero-order chi connectivity index (χ0) is 15.3. The van der Waals surface area contributed by atoms with E-state index in [1.807, 2.05) is 0 Å². The molecule has 20 heavy (non-hydrogen) atoms. The molecule has 5 nitrogen and oxygen atoms in total. The lowest BCUT2D eigenvalue weighted by Gasteiger charge is -2.02. The third kappa shape index (κ3) is 17.4. The highest BCUT2D eigenvalue weighted by Crippen LogP contribution is 2.12. The Balaban J connectivity index is 3.08. The topological polar surface area (TPSA) is 97.5 Å². The Bertz CT molecular complexity index is 341. The monoisotopic (exact) mass is 307 g/mol. The molecule has 0 heterocycles. The Morgan fingerprint density at radius 1 is 0.750 bits per heavy atom. The zero-order valence-electron chi connectivity index (χ0n) is 12.3. The van der Waals surface area contributed by atoms with Crippen LogP contribution in [0.5, 0.6) is 0 Å². The zero-order valence-corrected chi connectivity index (χ0v) is 13.2. The molecule has 0 rings (SSSR count). The van der Waals surface area contributed by atoms with Gasteiger partial charge in [-0.2, -0.15) is 8.42 Å². The Kier molecular flexibility index (Phi) is 11.8. The van der Waals surface area contributed by atoms with Gasteiger partial charge in [0.05, 0.1) is 5.75 Å². The maximum Gasteiger partial charge on any atom is 0.264 e. The van der Waals surface area contributed by atoms with Crippen molar-refractivity contribution in [2.24, 2.45) is 5.73 Å². The van der Waals surface area contributed by atoms with Crippen LogP contribution >= 0.6 is 0 Å².